The molecule has 0 spiro atoms. The Balaban J connectivity index is 2.24. The molecule has 1 aromatic heterocycles. The molecule has 21 heavy (non-hydrogen) atoms. The van der Waals surface area contributed by atoms with Crippen LogP contribution in [0, 0.1) is 12.3 Å². The topological polar surface area (TPSA) is 78.1 Å². The van der Waals surface area contributed by atoms with E-state index in [-0.39, 0.29) is 10.4 Å². The molecule has 2 rings (SSSR count). The summed E-state index contributed by atoms with van der Waals surface area (Å²) in [6.07, 6.45) is 1.90. The minimum absolute atomic E-state index is 0.0407. The SMILES string of the molecule is CCCNCc1c(S(=O)(=O)N2CCC(C)(C)C2)n[nH]c1C. The van der Waals surface area contributed by atoms with Gasteiger partial charge in [-0.15, -0.1) is 0 Å². The molecule has 0 radical (unpaired) electrons. The van der Waals surface area contributed by atoms with Crippen molar-refractivity contribution >= 4 is 10.0 Å². The molecule has 0 saturated carbocycles. The van der Waals surface area contributed by atoms with E-state index >= 15 is 0 Å². The zero-order valence-electron chi connectivity index (χ0n) is 13.4. The third-order valence-corrected chi connectivity index (χ3v) is 5.81. The first-order chi connectivity index (χ1) is 9.78. The fourth-order valence-corrected chi connectivity index (χ4v) is 4.43. The van der Waals surface area contributed by atoms with Crippen LogP contribution in [0.15, 0.2) is 5.03 Å². The Morgan fingerprint density at radius 1 is 1.43 bits per heavy atom. The Morgan fingerprint density at radius 3 is 2.71 bits per heavy atom. The molecule has 2 heterocycles. The number of aromatic amines is 1. The Hall–Kier alpha value is -0.920. The molecule has 0 atom stereocenters. The van der Waals surface area contributed by atoms with Crippen molar-refractivity contribution in [3.8, 4) is 0 Å². The van der Waals surface area contributed by atoms with Gasteiger partial charge in [0.05, 0.1) is 0 Å². The van der Waals surface area contributed by atoms with Crippen LogP contribution >= 0.6 is 0 Å². The first kappa shape index (κ1) is 16.5. The largest absolute Gasteiger partial charge is 0.313 e. The molecule has 0 aliphatic carbocycles. The highest BCUT2D eigenvalue weighted by atomic mass is 32.2. The van der Waals surface area contributed by atoms with E-state index < -0.39 is 10.0 Å². The quantitative estimate of drug-likeness (QED) is 0.783. The first-order valence-corrected chi connectivity index (χ1v) is 8.96. The molecule has 2 N–H and O–H groups in total. The van der Waals surface area contributed by atoms with Crippen molar-refractivity contribution in [2.45, 2.75) is 52.1 Å². The molecule has 0 aromatic carbocycles. The maximum absolute atomic E-state index is 12.8. The highest BCUT2D eigenvalue weighted by Crippen LogP contribution is 2.33. The van der Waals surface area contributed by atoms with Crippen LogP contribution in [0.5, 0.6) is 0 Å². The second kappa shape index (κ2) is 6.06. The van der Waals surface area contributed by atoms with Gasteiger partial charge in [-0.05, 0) is 31.7 Å². The highest BCUT2D eigenvalue weighted by Gasteiger charge is 2.39. The van der Waals surface area contributed by atoms with E-state index in [0.29, 0.717) is 19.6 Å². The van der Waals surface area contributed by atoms with Crippen LogP contribution in [-0.2, 0) is 16.6 Å². The van der Waals surface area contributed by atoms with Crippen LogP contribution in [-0.4, -0.2) is 42.6 Å². The first-order valence-electron chi connectivity index (χ1n) is 7.52. The summed E-state index contributed by atoms with van der Waals surface area (Å²) in [5, 5.41) is 10.3. The summed E-state index contributed by atoms with van der Waals surface area (Å²) in [5.41, 5.74) is 1.61. The van der Waals surface area contributed by atoms with E-state index in [4.69, 9.17) is 0 Å². The molecule has 0 unspecified atom stereocenters. The number of rotatable bonds is 6. The van der Waals surface area contributed by atoms with Gasteiger partial charge in [-0.25, -0.2) is 8.42 Å². The summed E-state index contributed by atoms with van der Waals surface area (Å²) in [4.78, 5) is 0. The third kappa shape index (κ3) is 3.46. The van der Waals surface area contributed by atoms with Gasteiger partial charge < -0.3 is 5.32 Å². The van der Waals surface area contributed by atoms with Crippen LogP contribution in [0.4, 0.5) is 0 Å². The predicted molar refractivity (Wildman–Crippen MR) is 82.5 cm³/mol. The second-order valence-electron chi connectivity index (χ2n) is 6.56. The molecule has 120 valence electrons. The number of hydrogen-bond donors (Lipinski definition) is 2. The number of nitrogens with zero attached hydrogens (tertiary/aromatic N) is 2. The van der Waals surface area contributed by atoms with Crippen molar-refractivity contribution in [3.05, 3.63) is 11.3 Å². The van der Waals surface area contributed by atoms with Crippen molar-refractivity contribution in [1.29, 1.82) is 0 Å². The van der Waals surface area contributed by atoms with Gasteiger partial charge >= 0.3 is 0 Å². The lowest BCUT2D eigenvalue weighted by molar-refractivity contribution is 0.374. The zero-order chi connectivity index (χ0) is 15.7. The minimum Gasteiger partial charge on any atom is -0.313 e. The maximum Gasteiger partial charge on any atom is 0.262 e. The van der Waals surface area contributed by atoms with Crippen molar-refractivity contribution in [1.82, 2.24) is 19.8 Å². The van der Waals surface area contributed by atoms with Crippen LogP contribution in [0.25, 0.3) is 0 Å². The normalized spacial score (nSPS) is 19.2. The van der Waals surface area contributed by atoms with Gasteiger partial charge in [-0.3, -0.25) is 5.10 Å². The molecular weight excluding hydrogens is 288 g/mol. The molecule has 1 aliphatic heterocycles. The molecule has 0 bridgehead atoms. The summed E-state index contributed by atoms with van der Waals surface area (Å²) in [5.74, 6) is 0. The number of hydrogen-bond acceptors (Lipinski definition) is 4. The summed E-state index contributed by atoms with van der Waals surface area (Å²) in [7, 11) is -3.51. The predicted octanol–water partition coefficient (Wildman–Crippen LogP) is 1.64. The van der Waals surface area contributed by atoms with Gasteiger partial charge in [0.2, 0.25) is 0 Å². The Kier molecular flexibility index (Phi) is 4.75. The van der Waals surface area contributed by atoms with Gasteiger partial charge in [0.25, 0.3) is 10.0 Å². The Morgan fingerprint density at radius 2 is 2.14 bits per heavy atom. The van der Waals surface area contributed by atoms with Crippen LogP contribution in [0.3, 0.4) is 0 Å². The smallest absolute Gasteiger partial charge is 0.262 e. The molecule has 1 fully saturated rings. The van der Waals surface area contributed by atoms with E-state index in [1.54, 1.807) is 4.31 Å². The van der Waals surface area contributed by atoms with Gasteiger partial charge in [-0.1, -0.05) is 20.8 Å². The standard InChI is InChI=1S/C14H26N4O2S/c1-5-7-15-9-12-11(2)16-17-13(12)21(19,20)18-8-6-14(3,4)10-18/h15H,5-10H2,1-4H3,(H,16,17). The van der Waals surface area contributed by atoms with E-state index in [1.807, 2.05) is 6.92 Å². The molecular formula is C14H26N4O2S. The van der Waals surface area contributed by atoms with Gasteiger partial charge in [0.1, 0.15) is 0 Å². The number of aromatic nitrogens is 2. The maximum atomic E-state index is 12.8. The molecule has 7 heteroatoms. The number of aryl methyl sites for hydroxylation is 1. The number of nitrogens with one attached hydrogen (secondary N) is 2. The monoisotopic (exact) mass is 314 g/mol. The highest BCUT2D eigenvalue weighted by molar-refractivity contribution is 7.89. The Bertz CT molecular complexity index is 592. The van der Waals surface area contributed by atoms with E-state index in [2.05, 4.69) is 36.3 Å². The average Bonchev–Trinajstić information content (AvgIpc) is 2.94. The molecule has 0 amide bonds. The fourth-order valence-electron chi connectivity index (χ4n) is 2.63. The lowest BCUT2D eigenvalue weighted by Gasteiger charge is -2.19. The van der Waals surface area contributed by atoms with Gasteiger partial charge in [0, 0.05) is 30.9 Å². The fraction of sp³-hybridized carbons (Fsp3) is 0.786. The summed E-state index contributed by atoms with van der Waals surface area (Å²) in [6.45, 7) is 10.7. The van der Waals surface area contributed by atoms with Crippen molar-refractivity contribution in [2.24, 2.45) is 5.41 Å². The molecule has 1 aliphatic rings. The van der Waals surface area contributed by atoms with Crippen molar-refractivity contribution in [3.63, 3.8) is 0 Å². The third-order valence-electron chi connectivity index (χ3n) is 3.99. The molecule has 1 saturated heterocycles. The summed E-state index contributed by atoms with van der Waals surface area (Å²) >= 11 is 0. The number of sulfonamides is 1. The lowest BCUT2D eigenvalue weighted by atomic mass is 9.93. The van der Waals surface area contributed by atoms with E-state index in [9.17, 15) is 8.42 Å². The second-order valence-corrected chi connectivity index (χ2v) is 8.42. The van der Waals surface area contributed by atoms with E-state index in [0.717, 1.165) is 30.6 Å². The van der Waals surface area contributed by atoms with Crippen LogP contribution < -0.4 is 5.32 Å². The minimum atomic E-state index is -3.51. The van der Waals surface area contributed by atoms with Crippen molar-refractivity contribution < 1.29 is 8.42 Å². The van der Waals surface area contributed by atoms with E-state index in [1.165, 1.54) is 0 Å². The molecule has 6 nitrogen and oxygen atoms in total. The zero-order valence-corrected chi connectivity index (χ0v) is 14.2. The van der Waals surface area contributed by atoms with Crippen LogP contribution in [0.1, 0.15) is 44.9 Å². The van der Waals surface area contributed by atoms with Gasteiger partial charge in [0.15, 0.2) is 5.03 Å². The number of H-pyrrole nitrogens is 1. The molecule has 1 aromatic rings. The van der Waals surface area contributed by atoms with Gasteiger partial charge in [-0.2, -0.15) is 9.40 Å². The van der Waals surface area contributed by atoms with Crippen LogP contribution in [0.2, 0.25) is 0 Å². The lowest BCUT2D eigenvalue weighted by Crippen LogP contribution is -2.31. The average molecular weight is 314 g/mol. The van der Waals surface area contributed by atoms with Crippen molar-refractivity contribution in [2.75, 3.05) is 19.6 Å². The summed E-state index contributed by atoms with van der Waals surface area (Å²) < 4.78 is 27.2. The summed E-state index contributed by atoms with van der Waals surface area (Å²) in [6, 6.07) is 0. The Labute approximate surface area is 127 Å².